The van der Waals surface area contributed by atoms with E-state index in [1.54, 1.807) is 0 Å². The molecule has 1 aromatic heterocycles. The first-order chi connectivity index (χ1) is 10.3. The number of nitrogens with zero attached hydrogens (tertiary/aromatic N) is 3. The van der Waals surface area contributed by atoms with E-state index in [4.69, 9.17) is 0 Å². The van der Waals surface area contributed by atoms with Crippen LogP contribution in [0.1, 0.15) is 44.7 Å². The fourth-order valence-electron chi connectivity index (χ4n) is 3.26. The van der Waals surface area contributed by atoms with Gasteiger partial charge in [0.1, 0.15) is 6.07 Å². The lowest BCUT2D eigenvalue weighted by Gasteiger charge is -2.29. The number of rotatable bonds is 3. The van der Waals surface area contributed by atoms with Crippen LogP contribution in [-0.4, -0.2) is 16.2 Å². The molecule has 0 spiro atoms. The van der Waals surface area contributed by atoms with Gasteiger partial charge in [-0.25, -0.2) is 0 Å². The number of hydrogen-bond donors (Lipinski definition) is 1. The van der Waals surface area contributed by atoms with Crippen molar-refractivity contribution in [1.29, 1.82) is 5.26 Å². The van der Waals surface area contributed by atoms with Crippen LogP contribution in [0.4, 0.5) is 5.69 Å². The van der Waals surface area contributed by atoms with E-state index in [1.807, 2.05) is 24.3 Å². The first kappa shape index (κ1) is 13.8. The third kappa shape index (κ3) is 2.82. The van der Waals surface area contributed by atoms with Gasteiger partial charge in [0, 0.05) is 11.4 Å². The maximum absolute atomic E-state index is 9.31. The molecule has 1 atom stereocenters. The molecule has 1 aliphatic carbocycles. The number of anilines is 1. The van der Waals surface area contributed by atoms with Gasteiger partial charge in [0.05, 0.1) is 11.2 Å². The van der Waals surface area contributed by atoms with Gasteiger partial charge in [-0.05, 0) is 31.7 Å². The lowest BCUT2D eigenvalue weighted by molar-refractivity contribution is 0.328. The Labute approximate surface area is 125 Å². The molecule has 2 aromatic rings. The lowest BCUT2D eigenvalue weighted by atomic mass is 9.84. The largest absolute Gasteiger partial charge is 0.379 e. The second kappa shape index (κ2) is 6.09. The van der Waals surface area contributed by atoms with Crippen LogP contribution in [0.5, 0.6) is 0 Å². The molecule has 21 heavy (non-hydrogen) atoms. The van der Waals surface area contributed by atoms with Gasteiger partial charge >= 0.3 is 0 Å². The van der Waals surface area contributed by atoms with Crippen LogP contribution >= 0.6 is 0 Å². The van der Waals surface area contributed by atoms with Crippen molar-refractivity contribution in [3.8, 4) is 6.07 Å². The highest BCUT2D eigenvalue weighted by molar-refractivity contribution is 5.92. The minimum Gasteiger partial charge on any atom is -0.379 e. The van der Waals surface area contributed by atoms with Crippen LogP contribution in [-0.2, 0) is 0 Å². The Kier molecular flexibility index (Phi) is 4.01. The van der Waals surface area contributed by atoms with E-state index in [9.17, 15) is 5.26 Å². The molecule has 108 valence electrons. The van der Waals surface area contributed by atoms with Crippen LogP contribution in [0.2, 0.25) is 0 Å². The van der Waals surface area contributed by atoms with Crippen LogP contribution in [0.15, 0.2) is 24.3 Å². The zero-order valence-corrected chi connectivity index (χ0v) is 12.3. The summed E-state index contributed by atoms with van der Waals surface area (Å²) in [7, 11) is 0. The summed E-state index contributed by atoms with van der Waals surface area (Å²) in [6.07, 6.45) is 6.53. The Balaban J connectivity index is 1.93. The highest BCUT2D eigenvalue weighted by Crippen LogP contribution is 2.30. The fourth-order valence-corrected chi connectivity index (χ4v) is 3.26. The SMILES string of the molecule is CC(Nc1c(C#N)nnc2ccccc12)C1CCCCC1. The van der Waals surface area contributed by atoms with Gasteiger partial charge in [-0.15, -0.1) is 10.2 Å². The number of nitriles is 1. The van der Waals surface area contributed by atoms with Crippen molar-refractivity contribution in [2.45, 2.75) is 45.1 Å². The summed E-state index contributed by atoms with van der Waals surface area (Å²) >= 11 is 0. The van der Waals surface area contributed by atoms with Crippen LogP contribution in [0.25, 0.3) is 10.9 Å². The standard InChI is InChI=1S/C17H20N4/c1-12(13-7-3-2-4-8-13)19-17-14-9-5-6-10-15(14)20-21-16(17)11-18/h5-6,9-10,12-13H,2-4,7-8H2,1H3,(H,19,20). The van der Waals surface area contributed by atoms with E-state index < -0.39 is 0 Å². The fraction of sp³-hybridized carbons (Fsp3) is 0.471. The number of hydrogen-bond acceptors (Lipinski definition) is 4. The van der Waals surface area contributed by atoms with Crippen molar-refractivity contribution in [3.63, 3.8) is 0 Å². The highest BCUT2D eigenvalue weighted by atomic mass is 15.1. The predicted octanol–water partition coefficient (Wildman–Crippen LogP) is 3.88. The summed E-state index contributed by atoms with van der Waals surface area (Å²) in [6, 6.07) is 10.4. The maximum atomic E-state index is 9.31. The molecule has 0 saturated heterocycles. The normalized spacial score (nSPS) is 17.3. The summed E-state index contributed by atoms with van der Waals surface area (Å²) < 4.78 is 0. The van der Waals surface area contributed by atoms with Gasteiger partial charge in [0.25, 0.3) is 0 Å². The van der Waals surface area contributed by atoms with Crippen molar-refractivity contribution < 1.29 is 0 Å². The van der Waals surface area contributed by atoms with Gasteiger partial charge < -0.3 is 5.32 Å². The molecule has 1 fully saturated rings. The maximum Gasteiger partial charge on any atom is 0.186 e. The molecule has 1 heterocycles. The van der Waals surface area contributed by atoms with Crippen molar-refractivity contribution in [2.24, 2.45) is 5.92 Å². The van der Waals surface area contributed by atoms with E-state index in [2.05, 4.69) is 28.5 Å². The van der Waals surface area contributed by atoms with E-state index in [0.29, 0.717) is 17.7 Å². The topological polar surface area (TPSA) is 61.6 Å². The van der Waals surface area contributed by atoms with Crippen LogP contribution < -0.4 is 5.32 Å². The molecule has 3 rings (SSSR count). The summed E-state index contributed by atoms with van der Waals surface area (Å²) in [6.45, 7) is 2.21. The molecule has 1 aliphatic rings. The summed E-state index contributed by atoms with van der Waals surface area (Å²) in [5, 5.41) is 22.0. The first-order valence-electron chi connectivity index (χ1n) is 7.71. The van der Waals surface area contributed by atoms with Gasteiger partial charge in [0.2, 0.25) is 0 Å². The molecule has 0 amide bonds. The van der Waals surface area contributed by atoms with Crippen molar-refractivity contribution in [3.05, 3.63) is 30.0 Å². The van der Waals surface area contributed by atoms with E-state index in [-0.39, 0.29) is 0 Å². The molecule has 1 N–H and O–H groups in total. The zero-order chi connectivity index (χ0) is 14.7. The Morgan fingerprint density at radius 3 is 2.71 bits per heavy atom. The number of benzene rings is 1. The van der Waals surface area contributed by atoms with Gasteiger partial charge in [0.15, 0.2) is 5.69 Å². The van der Waals surface area contributed by atoms with E-state index in [0.717, 1.165) is 16.6 Å². The Morgan fingerprint density at radius 2 is 1.95 bits per heavy atom. The molecule has 0 bridgehead atoms. The number of aromatic nitrogens is 2. The second-order valence-corrected chi connectivity index (χ2v) is 5.88. The van der Waals surface area contributed by atoms with E-state index in [1.165, 1.54) is 32.1 Å². The van der Waals surface area contributed by atoms with Crippen LogP contribution in [0, 0.1) is 17.2 Å². The van der Waals surface area contributed by atoms with Crippen molar-refractivity contribution in [1.82, 2.24) is 10.2 Å². The number of fused-ring (bicyclic) bond motifs is 1. The summed E-state index contributed by atoms with van der Waals surface area (Å²) in [5.74, 6) is 0.678. The third-order valence-electron chi connectivity index (χ3n) is 4.50. The molecule has 4 nitrogen and oxygen atoms in total. The molecular formula is C17H20N4. The Bertz CT molecular complexity index is 668. The van der Waals surface area contributed by atoms with Gasteiger partial charge in [-0.1, -0.05) is 37.5 Å². The zero-order valence-electron chi connectivity index (χ0n) is 12.3. The molecule has 1 aromatic carbocycles. The van der Waals surface area contributed by atoms with Gasteiger partial charge in [-0.2, -0.15) is 5.26 Å². The smallest absolute Gasteiger partial charge is 0.186 e. The van der Waals surface area contributed by atoms with Gasteiger partial charge in [-0.3, -0.25) is 0 Å². The first-order valence-corrected chi connectivity index (χ1v) is 7.71. The molecule has 1 saturated carbocycles. The Hall–Kier alpha value is -2.15. The molecular weight excluding hydrogens is 260 g/mol. The predicted molar refractivity (Wildman–Crippen MR) is 83.9 cm³/mol. The highest BCUT2D eigenvalue weighted by Gasteiger charge is 2.22. The average molecular weight is 280 g/mol. The molecule has 0 aliphatic heterocycles. The van der Waals surface area contributed by atoms with Crippen LogP contribution in [0.3, 0.4) is 0 Å². The lowest BCUT2D eigenvalue weighted by Crippen LogP contribution is -2.28. The van der Waals surface area contributed by atoms with Crippen molar-refractivity contribution in [2.75, 3.05) is 5.32 Å². The monoisotopic (exact) mass is 280 g/mol. The van der Waals surface area contributed by atoms with Crippen molar-refractivity contribution >= 4 is 16.6 Å². The minimum atomic E-state index is 0.352. The molecule has 0 radical (unpaired) electrons. The number of nitrogens with one attached hydrogen (secondary N) is 1. The molecule has 4 heteroatoms. The summed E-state index contributed by atoms with van der Waals surface area (Å²) in [4.78, 5) is 0. The Morgan fingerprint density at radius 1 is 1.19 bits per heavy atom. The quantitative estimate of drug-likeness (QED) is 0.926. The minimum absolute atomic E-state index is 0.352. The average Bonchev–Trinajstić information content (AvgIpc) is 2.56. The summed E-state index contributed by atoms with van der Waals surface area (Å²) in [5.41, 5.74) is 2.05. The third-order valence-corrected chi connectivity index (χ3v) is 4.50. The molecule has 1 unspecified atom stereocenters. The second-order valence-electron chi connectivity index (χ2n) is 5.88. The van der Waals surface area contributed by atoms with E-state index >= 15 is 0 Å².